The van der Waals surface area contributed by atoms with Crippen LogP contribution in [0.4, 0.5) is 0 Å². The van der Waals surface area contributed by atoms with Crippen molar-refractivity contribution in [3.05, 3.63) is 63.9 Å². The number of hydrogen-bond acceptors (Lipinski definition) is 5. The molecule has 138 valence electrons. The van der Waals surface area contributed by atoms with Gasteiger partial charge in [-0.05, 0) is 39.6 Å². The third-order valence-electron chi connectivity index (χ3n) is 4.33. The molecule has 0 saturated carbocycles. The molecule has 0 bridgehead atoms. The molecule has 1 aromatic carbocycles. The number of hydrogen-bond donors (Lipinski definition) is 2. The predicted octanol–water partition coefficient (Wildman–Crippen LogP) is 2.44. The highest BCUT2D eigenvalue weighted by molar-refractivity contribution is 7.08. The summed E-state index contributed by atoms with van der Waals surface area (Å²) in [6, 6.07) is 9.57. The van der Waals surface area contributed by atoms with Crippen LogP contribution in [0.5, 0.6) is 0 Å². The van der Waals surface area contributed by atoms with Crippen LogP contribution in [-0.4, -0.2) is 48.8 Å². The smallest absolute Gasteiger partial charge is 0.244 e. The van der Waals surface area contributed by atoms with Crippen LogP contribution in [0.2, 0.25) is 0 Å². The normalized spacial score (nSPS) is 16.7. The molecule has 1 aliphatic rings. The number of nitrogens with one attached hydrogen (secondary N) is 1. The summed E-state index contributed by atoms with van der Waals surface area (Å²) < 4.78 is 5.38. The Bertz CT molecular complexity index is 724. The standard InChI is InChI=1S/C20H24N2O3S/c23-14-19(21-20(24)5-4-16-6-11-26-15-16)18-3-1-2-17(12-18)13-22-7-9-25-10-8-22/h1-6,11-12,15,19,23H,7-10,13-14H2,(H,21,24). The topological polar surface area (TPSA) is 61.8 Å². The van der Waals surface area contributed by atoms with Crippen LogP contribution in [-0.2, 0) is 16.1 Å². The maximum absolute atomic E-state index is 12.2. The number of benzene rings is 1. The number of ether oxygens (including phenoxy) is 1. The fourth-order valence-electron chi connectivity index (χ4n) is 2.92. The first-order chi connectivity index (χ1) is 12.7. The highest BCUT2D eigenvalue weighted by atomic mass is 32.1. The lowest BCUT2D eigenvalue weighted by Crippen LogP contribution is -2.35. The summed E-state index contributed by atoms with van der Waals surface area (Å²) in [5.74, 6) is -0.214. The molecule has 2 N–H and O–H groups in total. The Morgan fingerprint density at radius 1 is 1.35 bits per heavy atom. The van der Waals surface area contributed by atoms with Gasteiger partial charge in [0.1, 0.15) is 0 Å². The Hall–Kier alpha value is -1.99. The maximum atomic E-state index is 12.2. The summed E-state index contributed by atoms with van der Waals surface area (Å²) in [7, 11) is 0. The second kappa shape index (κ2) is 9.64. The quantitative estimate of drug-likeness (QED) is 0.733. The van der Waals surface area contributed by atoms with Crippen LogP contribution < -0.4 is 5.32 Å². The summed E-state index contributed by atoms with van der Waals surface area (Å²) in [6.45, 7) is 4.10. The van der Waals surface area contributed by atoms with Gasteiger partial charge in [0.25, 0.3) is 0 Å². The van der Waals surface area contributed by atoms with Gasteiger partial charge in [-0.25, -0.2) is 0 Å². The van der Waals surface area contributed by atoms with Crippen molar-refractivity contribution in [1.82, 2.24) is 10.2 Å². The van der Waals surface area contributed by atoms with E-state index in [0.29, 0.717) is 0 Å². The van der Waals surface area contributed by atoms with Crippen molar-refractivity contribution in [3.63, 3.8) is 0 Å². The van der Waals surface area contributed by atoms with E-state index >= 15 is 0 Å². The Labute approximate surface area is 157 Å². The highest BCUT2D eigenvalue weighted by Gasteiger charge is 2.15. The molecule has 2 heterocycles. The molecule has 1 fully saturated rings. The van der Waals surface area contributed by atoms with Crippen molar-refractivity contribution >= 4 is 23.3 Å². The molecule has 5 nitrogen and oxygen atoms in total. The molecule has 0 radical (unpaired) electrons. The first kappa shape index (κ1) is 18.8. The number of carbonyl (C=O) groups is 1. The summed E-state index contributed by atoms with van der Waals surface area (Å²) in [6.07, 6.45) is 3.28. The van der Waals surface area contributed by atoms with E-state index in [1.807, 2.05) is 29.0 Å². The zero-order valence-electron chi connectivity index (χ0n) is 14.6. The van der Waals surface area contributed by atoms with Crippen LogP contribution in [0.3, 0.4) is 0 Å². The molecule has 2 aromatic rings. The van der Waals surface area contributed by atoms with E-state index < -0.39 is 6.04 Å². The second-order valence-electron chi connectivity index (χ2n) is 6.27. The van der Waals surface area contributed by atoms with E-state index in [2.05, 4.69) is 22.3 Å². The van der Waals surface area contributed by atoms with Gasteiger partial charge in [-0.15, -0.1) is 0 Å². The molecule has 1 unspecified atom stereocenters. The Kier molecular flexibility index (Phi) is 6.96. The van der Waals surface area contributed by atoms with E-state index in [1.165, 1.54) is 11.6 Å². The first-order valence-electron chi connectivity index (χ1n) is 8.75. The lowest BCUT2D eigenvalue weighted by molar-refractivity contribution is -0.117. The van der Waals surface area contributed by atoms with Crippen LogP contribution in [0, 0.1) is 0 Å². The van der Waals surface area contributed by atoms with Gasteiger partial charge < -0.3 is 15.2 Å². The van der Waals surface area contributed by atoms with Crippen LogP contribution in [0.1, 0.15) is 22.7 Å². The summed E-state index contributed by atoms with van der Waals surface area (Å²) >= 11 is 1.59. The molecule has 1 aliphatic heterocycles. The molecule has 6 heteroatoms. The van der Waals surface area contributed by atoms with Gasteiger partial charge in [0.05, 0.1) is 25.9 Å². The maximum Gasteiger partial charge on any atom is 0.244 e. The summed E-state index contributed by atoms with van der Waals surface area (Å²) in [4.78, 5) is 14.5. The fraction of sp³-hybridized carbons (Fsp3) is 0.350. The third-order valence-corrected chi connectivity index (χ3v) is 5.03. The minimum atomic E-state index is -0.417. The number of carbonyl (C=O) groups excluding carboxylic acids is 1. The molecule has 1 saturated heterocycles. The van der Waals surface area contributed by atoms with Crippen molar-refractivity contribution in [2.45, 2.75) is 12.6 Å². The molecule has 26 heavy (non-hydrogen) atoms. The minimum absolute atomic E-state index is 0.140. The summed E-state index contributed by atoms with van der Waals surface area (Å²) in [5, 5.41) is 16.5. The fourth-order valence-corrected chi connectivity index (χ4v) is 3.55. The van der Waals surface area contributed by atoms with E-state index in [-0.39, 0.29) is 12.5 Å². The summed E-state index contributed by atoms with van der Waals surface area (Å²) in [5.41, 5.74) is 3.08. The van der Waals surface area contributed by atoms with Crippen molar-refractivity contribution < 1.29 is 14.6 Å². The molecular weight excluding hydrogens is 348 g/mol. The van der Waals surface area contributed by atoms with Crippen LogP contribution in [0.15, 0.2) is 47.2 Å². The number of aliphatic hydroxyl groups excluding tert-OH is 1. The highest BCUT2D eigenvalue weighted by Crippen LogP contribution is 2.17. The van der Waals surface area contributed by atoms with Crippen molar-refractivity contribution in [2.24, 2.45) is 0 Å². The number of rotatable bonds is 7. The van der Waals surface area contributed by atoms with Gasteiger partial charge in [-0.2, -0.15) is 11.3 Å². The first-order valence-corrected chi connectivity index (χ1v) is 9.69. The van der Waals surface area contributed by atoms with E-state index in [9.17, 15) is 9.90 Å². The molecule has 1 amide bonds. The zero-order chi connectivity index (χ0) is 18.2. The molecule has 0 aliphatic carbocycles. The van der Waals surface area contributed by atoms with Gasteiger partial charge in [0, 0.05) is 25.7 Å². The van der Waals surface area contributed by atoms with Gasteiger partial charge >= 0.3 is 0 Å². The predicted molar refractivity (Wildman–Crippen MR) is 104 cm³/mol. The van der Waals surface area contributed by atoms with E-state index in [4.69, 9.17) is 4.74 Å². The average molecular weight is 372 g/mol. The Morgan fingerprint density at radius 3 is 2.92 bits per heavy atom. The SMILES string of the molecule is O=C(C=Cc1ccsc1)NC(CO)c1cccc(CN2CCOCC2)c1. The van der Waals surface area contributed by atoms with Crippen molar-refractivity contribution in [3.8, 4) is 0 Å². The lowest BCUT2D eigenvalue weighted by atomic mass is 10.0. The molecular formula is C20H24N2O3S. The zero-order valence-corrected chi connectivity index (χ0v) is 15.5. The minimum Gasteiger partial charge on any atom is -0.394 e. The van der Waals surface area contributed by atoms with Crippen molar-refractivity contribution in [2.75, 3.05) is 32.9 Å². The Balaban J connectivity index is 1.61. The van der Waals surface area contributed by atoms with Crippen LogP contribution >= 0.6 is 11.3 Å². The number of morpholine rings is 1. The number of aliphatic hydroxyl groups is 1. The third kappa shape index (κ3) is 5.51. The average Bonchev–Trinajstić information content (AvgIpc) is 3.19. The second-order valence-corrected chi connectivity index (χ2v) is 7.05. The number of nitrogens with zero attached hydrogens (tertiary/aromatic N) is 1. The largest absolute Gasteiger partial charge is 0.394 e. The van der Waals surface area contributed by atoms with Gasteiger partial charge in [0.15, 0.2) is 0 Å². The van der Waals surface area contributed by atoms with E-state index in [1.54, 1.807) is 17.4 Å². The van der Waals surface area contributed by atoms with Gasteiger partial charge in [-0.1, -0.05) is 24.3 Å². The lowest BCUT2D eigenvalue weighted by Gasteiger charge is -2.27. The van der Waals surface area contributed by atoms with Gasteiger partial charge in [-0.3, -0.25) is 9.69 Å². The van der Waals surface area contributed by atoms with E-state index in [0.717, 1.165) is 44.0 Å². The molecule has 0 spiro atoms. The van der Waals surface area contributed by atoms with Gasteiger partial charge in [0.2, 0.25) is 5.91 Å². The molecule has 1 aromatic heterocycles. The Morgan fingerprint density at radius 2 is 2.19 bits per heavy atom. The number of thiophene rings is 1. The molecule has 3 rings (SSSR count). The molecule has 1 atom stereocenters. The van der Waals surface area contributed by atoms with Crippen molar-refractivity contribution in [1.29, 1.82) is 0 Å². The number of amides is 1. The monoisotopic (exact) mass is 372 g/mol. The van der Waals surface area contributed by atoms with Crippen LogP contribution in [0.25, 0.3) is 6.08 Å².